The fourth-order valence-electron chi connectivity index (χ4n) is 6.12. The predicted octanol–water partition coefficient (Wildman–Crippen LogP) is 12.0. The highest BCUT2D eigenvalue weighted by molar-refractivity contribution is 7.58. The fraction of sp³-hybridized carbons (Fsp3) is 0.163. The van der Waals surface area contributed by atoms with Gasteiger partial charge < -0.3 is 9.05 Å². The highest BCUT2D eigenvalue weighted by atomic mass is 31.2. The maximum atomic E-state index is 14.3. The Morgan fingerprint density at radius 3 is 0.959 bits per heavy atom. The van der Waals surface area contributed by atoms with E-state index < -0.39 is 14.7 Å². The van der Waals surface area contributed by atoms with Gasteiger partial charge in [0.25, 0.3) is 14.7 Å². The quantitative estimate of drug-likeness (QED) is 0.107. The topological polar surface area (TPSA) is 52.6 Å². The van der Waals surface area contributed by atoms with Crippen LogP contribution in [-0.2, 0) is 40.2 Å². The first-order valence-corrected chi connectivity index (χ1v) is 20.6. The molecule has 0 bridgehead atoms. The van der Waals surface area contributed by atoms with Crippen LogP contribution in [-0.4, -0.2) is 0 Å². The largest absolute Gasteiger partial charge is 0.442 e. The number of aryl methyl sites for hydroxylation is 2. The van der Waals surface area contributed by atoms with Gasteiger partial charge in [-0.3, -0.25) is 9.13 Å². The monoisotopic (exact) mass is 684 g/mol. The van der Waals surface area contributed by atoms with Gasteiger partial charge in [-0.05, 0) is 89.0 Å². The molecule has 0 fully saturated rings. The maximum Gasteiger partial charge on any atom is 0.256 e. The molecular formula is C43H42O4P2. The number of hydrogen-bond acceptors (Lipinski definition) is 4. The zero-order chi connectivity index (χ0) is 34.1. The van der Waals surface area contributed by atoms with E-state index in [-0.39, 0.29) is 0 Å². The molecule has 0 N–H and O–H groups in total. The molecule has 248 valence electrons. The summed E-state index contributed by atoms with van der Waals surface area (Å²) in [5.41, 5.74) is 8.43. The zero-order valence-corrected chi connectivity index (χ0v) is 29.9. The van der Waals surface area contributed by atoms with Crippen molar-refractivity contribution in [1.82, 2.24) is 0 Å². The second kappa shape index (κ2) is 15.7. The molecule has 6 heteroatoms. The van der Waals surface area contributed by atoms with Crippen LogP contribution in [0.1, 0.15) is 44.5 Å². The average Bonchev–Trinajstić information content (AvgIpc) is 3.08. The smallest absolute Gasteiger partial charge is 0.256 e. The molecule has 6 rings (SSSR count). The van der Waals surface area contributed by atoms with Gasteiger partial charge in [-0.25, -0.2) is 0 Å². The van der Waals surface area contributed by atoms with Crippen LogP contribution in [0.2, 0.25) is 0 Å². The van der Waals surface area contributed by atoms with Crippen molar-refractivity contribution in [2.45, 2.75) is 44.9 Å². The van der Waals surface area contributed by atoms with Crippen molar-refractivity contribution < 1.29 is 18.2 Å². The van der Waals surface area contributed by atoms with Crippen LogP contribution < -0.4 is 9.05 Å². The van der Waals surface area contributed by atoms with Crippen LogP contribution in [0, 0.1) is 13.8 Å². The molecule has 0 atom stereocenters. The predicted molar refractivity (Wildman–Crippen MR) is 202 cm³/mol. The molecule has 49 heavy (non-hydrogen) atoms. The van der Waals surface area contributed by atoms with Crippen LogP contribution in [0.15, 0.2) is 158 Å². The Bertz CT molecular complexity index is 1820. The molecule has 0 heterocycles. The molecule has 0 saturated carbocycles. The van der Waals surface area contributed by atoms with Crippen molar-refractivity contribution in [3.8, 4) is 11.5 Å². The fourth-order valence-corrected chi connectivity index (χ4v) is 10.7. The summed E-state index contributed by atoms with van der Waals surface area (Å²) in [5.74, 6) is 1.23. The molecule has 0 aromatic heterocycles. The summed E-state index contributed by atoms with van der Waals surface area (Å²) in [6.45, 7) is 4.13. The molecule has 0 spiro atoms. The zero-order valence-electron chi connectivity index (χ0n) is 28.1. The van der Waals surface area contributed by atoms with Gasteiger partial charge in [0, 0.05) is 0 Å². The van der Waals surface area contributed by atoms with E-state index in [0.717, 1.165) is 50.9 Å². The van der Waals surface area contributed by atoms with Crippen molar-refractivity contribution in [1.29, 1.82) is 0 Å². The van der Waals surface area contributed by atoms with E-state index in [4.69, 9.17) is 9.05 Å². The molecule has 4 nitrogen and oxygen atoms in total. The van der Waals surface area contributed by atoms with Gasteiger partial charge in [-0.1, -0.05) is 133 Å². The van der Waals surface area contributed by atoms with E-state index in [1.54, 1.807) is 0 Å². The molecule has 0 radical (unpaired) electrons. The van der Waals surface area contributed by atoms with E-state index in [1.807, 2.05) is 146 Å². The second-order valence-electron chi connectivity index (χ2n) is 12.7. The Kier molecular flexibility index (Phi) is 11.0. The third-order valence-corrected chi connectivity index (χ3v) is 13.1. The minimum atomic E-state index is -3.10. The van der Waals surface area contributed by atoms with E-state index >= 15 is 0 Å². The SMILES string of the molecule is Cc1cc(OP(=O)(Cc2ccccc2)Cc2ccccc2)ccc1Cc1ccc(OP(=O)(Cc2ccccc2)Cc2ccccc2)cc1C. The van der Waals surface area contributed by atoms with Crippen LogP contribution in [0.25, 0.3) is 0 Å². The number of rotatable bonds is 14. The van der Waals surface area contributed by atoms with Gasteiger partial charge in [-0.15, -0.1) is 0 Å². The summed E-state index contributed by atoms with van der Waals surface area (Å²) in [5, 5.41) is 0. The normalized spacial score (nSPS) is 11.6. The van der Waals surface area contributed by atoms with Crippen molar-refractivity contribution in [2.75, 3.05) is 0 Å². The third-order valence-electron chi connectivity index (χ3n) is 8.62. The van der Waals surface area contributed by atoms with Crippen LogP contribution in [0.5, 0.6) is 11.5 Å². The summed E-state index contributed by atoms with van der Waals surface area (Å²) >= 11 is 0. The second-order valence-corrected chi connectivity index (χ2v) is 17.6. The molecule has 0 amide bonds. The van der Waals surface area contributed by atoms with Gasteiger partial charge in [0.15, 0.2) is 0 Å². The first kappa shape index (κ1) is 34.3. The summed E-state index contributed by atoms with van der Waals surface area (Å²) in [6, 6.07) is 51.6. The summed E-state index contributed by atoms with van der Waals surface area (Å²) in [7, 11) is -6.20. The number of benzene rings is 6. The van der Waals surface area contributed by atoms with Gasteiger partial charge in [0.05, 0.1) is 24.6 Å². The van der Waals surface area contributed by atoms with Crippen LogP contribution in [0.4, 0.5) is 0 Å². The molecular weight excluding hydrogens is 642 g/mol. The molecule has 0 aliphatic heterocycles. The maximum absolute atomic E-state index is 14.3. The third kappa shape index (κ3) is 9.73. The first-order valence-electron chi connectivity index (χ1n) is 16.6. The van der Waals surface area contributed by atoms with Crippen molar-refractivity contribution in [3.05, 3.63) is 202 Å². The molecule has 0 unspecified atom stereocenters. The highest BCUT2D eigenvalue weighted by Gasteiger charge is 2.28. The first-order chi connectivity index (χ1) is 23.7. The van der Waals surface area contributed by atoms with Gasteiger partial charge in [0.1, 0.15) is 11.5 Å². The highest BCUT2D eigenvalue weighted by Crippen LogP contribution is 2.54. The Balaban J connectivity index is 1.18. The van der Waals surface area contributed by atoms with Crippen molar-refractivity contribution in [3.63, 3.8) is 0 Å². The lowest BCUT2D eigenvalue weighted by Gasteiger charge is -2.22. The minimum Gasteiger partial charge on any atom is -0.442 e. The number of hydrogen-bond donors (Lipinski definition) is 0. The summed E-state index contributed by atoms with van der Waals surface area (Å²) in [6.07, 6.45) is 2.17. The van der Waals surface area contributed by atoms with Crippen LogP contribution >= 0.6 is 14.7 Å². The van der Waals surface area contributed by atoms with E-state index in [1.165, 1.54) is 0 Å². The van der Waals surface area contributed by atoms with E-state index in [9.17, 15) is 9.13 Å². The Morgan fingerprint density at radius 2 is 0.694 bits per heavy atom. The minimum absolute atomic E-state index is 0.362. The summed E-state index contributed by atoms with van der Waals surface area (Å²) in [4.78, 5) is 0. The molecule has 0 aliphatic rings. The molecule has 6 aromatic carbocycles. The summed E-state index contributed by atoms with van der Waals surface area (Å²) < 4.78 is 41.4. The Labute approximate surface area is 290 Å². The standard InChI is InChI=1S/C43H42O4P2/c1-34-27-42(46-48(44,30-36-15-7-3-8-16-36)31-37-17-9-4-10-18-37)25-23-40(34)29-41-24-26-43(28-35(41)2)47-49(45,32-38-19-11-5-12-20-38)33-39-21-13-6-14-22-39/h3-28H,29-33H2,1-2H3. The van der Waals surface area contributed by atoms with Gasteiger partial charge in [0.2, 0.25) is 0 Å². The Hall–Kier alpha value is -4.62. The van der Waals surface area contributed by atoms with E-state index in [2.05, 4.69) is 26.0 Å². The van der Waals surface area contributed by atoms with E-state index in [0.29, 0.717) is 36.1 Å². The lowest BCUT2D eigenvalue weighted by atomic mass is 9.97. The molecule has 0 saturated heterocycles. The molecule has 0 aliphatic carbocycles. The van der Waals surface area contributed by atoms with Crippen molar-refractivity contribution in [2.24, 2.45) is 0 Å². The van der Waals surface area contributed by atoms with Crippen molar-refractivity contribution >= 4 is 14.7 Å². The molecule has 6 aromatic rings. The average molecular weight is 685 g/mol. The lowest BCUT2D eigenvalue weighted by molar-refractivity contribution is 0.477. The Morgan fingerprint density at radius 1 is 0.408 bits per heavy atom. The van der Waals surface area contributed by atoms with Gasteiger partial charge in [-0.2, -0.15) is 0 Å². The van der Waals surface area contributed by atoms with Gasteiger partial charge >= 0.3 is 0 Å². The van der Waals surface area contributed by atoms with Crippen LogP contribution in [0.3, 0.4) is 0 Å². The lowest BCUT2D eigenvalue weighted by Crippen LogP contribution is -2.03.